The molecule has 1 aromatic carbocycles. The highest BCUT2D eigenvalue weighted by Crippen LogP contribution is 2.33. The highest BCUT2D eigenvalue weighted by atomic mass is 19.4. The molecule has 0 saturated carbocycles. The molecule has 1 N–H and O–H groups in total. The molecular formula is C15H10F3N2O+. The number of phenolic OH excluding ortho intramolecular Hbond substituents is 1. The molecule has 0 spiro atoms. The van der Waals surface area contributed by atoms with Crippen LogP contribution in [0.1, 0.15) is 29.2 Å². The molecule has 3 rings (SSSR count). The van der Waals surface area contributed by atoms with Crippen molar-refractivity contribution in [1.29, 1.82) is 0 Å². The Morgan fingerprint density at radius 1 is 1.10 bits per heavy atom. The molecule has 0 bridgehead atoms. The topological polar surface area (TPSA) is 47.2 Å². The smallest absolute Gasteiger partial charge is 0.416 e. The number of rotatable bonds is 1. The van der Waals surface area contributed by atoms with Crippen molar-refractivity contribution in [2.75, 3.05) is 0 Å². The molecule has 21 heavy (non-hydrogen) atoms. The number of phenols is 1. The lowest BCUT2D eigenvalue weighted by atomic mass is 9.98. The maximum atomic E-state index is 12.6. The summed E-state index contributed by atoms with van der Waals surface area (Å²) in [7, 11) is 0. The van der Waals surface area contributed by atoms with Gasteiger partial charge in [-0.1, -0.05) is 4.67 Å². The summed E-state index contributed by atoms with van der Waals surface area (Å²) < 4.78 is 42.2. The first kappa shape index (κ1) is 13.4. The lowest BCUT2D eigenvalue weighted by Gasteiger charge is -2.07. The lowest BCUT2D eigenvalue weighted by molar-refractivity contribution is -0.137. The Bertz CT molecular complexity index is 803. The van der Waals surface area contributed by atoms with Gasteiger partial charge in [0.1, 0.15) is 11.3 Å². The molecule has 1 aliphatic heterocycles. The Morgan fingerprint density at radius 3 is 2.52 bits per heavy atom. The fourth-order valence-corrected chi connectivity index (χ4v) is 2.29. The maximum Gasteiger partial charge on any atom is 0.416 e. The molecule has 2 aromatic rings. The molecule has 3 nitrogen and oxygen atoms in total. The van der Waals surface area contributed by atoms with Crippen molar-refractivity contribution >= 4 is 11.4 Å². The van der Waals surface area contributed by atoms with Crippen molar-refractivity contribution in [2.45, 2.75) is 13.1 Å². The molecular weight excluding hydrogens is 281 g/mol. The monoisotopic (exact) mass is 291 g/mol. The Balaban J connectivity index is 2.14. The summed E-state index contributed by atoms with van der Waals surface area (Å²) in [5, 5.41) is 9.92. The predicted molar refractivity (Wildman–Crippen MR) is 72.5 cm³/mol. The van der Waals surface area contributed by atoms with Crippen molar-refractivity contribution in [3.8, 4) is 5.75 Å². The normalized spacial score (nSPS) is 13.7. The van der Waals surface area contributed by atoms with E-state index < -0.39 is 17.5 Å². The Hall–Kier alpha value is -2.59. The zero-order valence-electron chi connectivity index (χ0n) is 10.9. The van der Waals surface area contributed by atoms with Gasteiger partial charge in [-0.3, -0.25) is 4.98 Å². The molecule has 0 saturated heterocycles. The van der Waals surface area contributed by atoms with Crippen LogP contribution in [-0.2, 0) is 6.18 Å². The number of halogens is 3. The third-order valence-electron chi connectivity index (χ3n) is 3.33. The number of benzene rings is 1. The van der Waals surface area contributed by atoms with Crippen LogP contribution < -0.4 is 4.67 Å². The third kappa shape index (κ3) is 2.19. The minimum atomic E-state index is -4.49. The Kier molecular flexibility index (Phi) is 2.85. The van der Waals surface area contributed by atoms with Gasteiger partial charge in [-0.25, -0.2) is 0 Å². The summed E-state index contributed by atoms with van der Waals surface area (Å²) in [4.78, 5) is 4.00. The standard InChI is InChI=1S/C15H9F3N2O/c1-8-12-7-19-5-4-10(12)14(20-8)11-3-2-9(6-13(11)21)15(16,17)18/h2-7H,1H3/p+1. The molecule has 106 valence electrons. The summed E-state index contributed by atoms with van der Waals surface area (Å²) in [6.45, 7) is 1.79. The van der Waals surface area contributed by atoms with Gasteiger partial charge >= 0.3 is 17.6 Å². The van der Waals surface area contributed by atoms with E-state index >= 15 is 0 Å². The first-order chi connectivity index (χ1) is 9.88. The van der Waals surface area contributed by atoms with E-state index in [1.54, 1.807) is 25.4 Å². The zero-order valence-corrected chi connectivity index (χ0v) is 10.9. The predicted octanol–water partition coefficient (Wildman–Crippen LogP) is 2.53. The van der Waals surface area contributed by atoms with Crippen LogP contribution in [0.15, 0.2) is 36.7 Å². The second kappa shape index (κ2) is 4.46. The van der Waals surface area contributed by atoms with E-state index in [4.69, 9.17) is 0 Å². The quantitative estimate of drug-likeness (QED) is 0.821. The largest absolute Gasteiger partial charge is 0.507 e. The van der Waals surface area contributed by atoms with E-state index in [-0.39, 0.29) is 5.56 Å². The van der Waals surface area contributed by atoms with Crippen molar-refractivity contribution in [3.63, 3.8) is 0 Å². The highest BCUT2D eigenvalue weighted by Gasteiger charge is 2.35. The third-order valence-corrected chi connectivity index (χ3v) is 3.33. The van der Waals surface area contributed by atoms with Crippen molar-refractivity contribution in [2.24, 2.45) is 0 Å². The van der Waals surface area contributed by atoms with Gasteiger partial charge in [-0.05, 0) is 24.3 Å². The summed E-state index contributed by atoms with van der Waals surface area (Å²) in [6.07, 6.45) is -1.27. The summed E-state index contributed by atoms with van der Waals surface area (Å²) >= 11 is 0. The average molecular weight is 291 g/mol. The van der Waals surface area contributed by atoms with Gasteiger partial charge in [0, 0.05) is 19.3 Å². The second-order valence-corrected chi connectivity index (χ2v) is 4.70. The van der Waals surface area contributed by atoms with Gasteiger partial charge in [0.15, 0.2) is 0 Å². The van der Waals surface area contributed by atoms with E-state index in [1.807, 2.05) is 0 Å². The second-order valence-electron chi connectivity index (χ2n) is 4.70. The fraction of sp³-hybridized carbons (Fsp3) is 0.133. The molecule has 2 heterocycles. The minimum Gasteiger partial charge on any atom is -0.507 e. The molecule has 0 radical (unpaired) electrons. The molecule has 1 aromatic heterocycles. The van der Waals surface area contributed by atoms with Gasteiger partial charge in [0.2, 0.25) is 0 Å². The number of aromatic nitrogens is 1. The van der Waals surface area contributed by atoms with Crippen LogP contribution in [0, 0.1) is 0 Å². The number of pyridine rings is 1. The Morgan fingerprint density at radius 2 is 1.86 bits per heavy atom. The van der Waals surface area contributed by atoms with Gasteiger partial charge < -0.3 is 5.11 Å². The molecule has 6 heteroatoms. The molecule has 0 atom stereocenters. The molecule has 1 aliphatic rings. The first-order valence-corrected chi connectivity index (χ1v) is 6.15. The maximum absolute atomic E-state index is 12.6. The van der Waals surface area contributed by atoms with Crippen molar-refractivity contribution < 1.29 is 18.3 Å². The number of alkyl halides is 3. The number of aromatic hydroxyl groups is 1. The first-order valence-electron chi connectivity index (χ1n) is 6.15. The summed E-state index contributed by atoms with van der Waals surface area (Å²) in [5.41, 5.74) is 2.11. The van der Waals surface area contributed by atoms with Crippen LogP contribution in [0.2, 0.25) is 0 Å². The van der Waals surface area contributed by atoms with Crippen LogP contribution in [0.25, 0.3) is 0 Å². The minimum absolute atomic E-state index is 0.271. The van der Waals surface area contributed by atoms with E-state index in [2.05, 4.69) is 9.65 Å². The molecule has 0 aliphatic carbocycles. The van der Waals surface area contributed by atoms with Gasteiger partial charge in [-0.2, -0.15) is 13.2 Å². The summed E-state index contributed by atoms with van der Waals surface area (Å²) in [6, 6.07) is 4.61. The molecule has 0 fully saturated rings. The molecule has 0 unspecified atom stereocenters. The van der Waals surface area contributed by atoms with E-state index in [9.17, 15) is 18.3 Å². The number of hydrogen-bond donors (Lipinski definition) is 1. The Labute approximate surface area is 118 Å². The highest BCUT2D eigenvalue weighted by molar-refractivity contribution is 6.25. The van der Waals surface area contributed by atoms with E-state index in [0.717, 1.165) is 17.2 Å². The van der Waals surface area contributed by atoms with Gasteiger partial charge in [-0.15, -0.1) is 0 Å². The lowest BCUT2D eigenvalue weighted by Crippen LogP contribution is -2.08. The van der Waals surface area contributed by atoms with Gasteiger partial charge in [0.05, 0.1) is 16.7 Å². The van der Waals surface area contributed by atoms with Crippen LogP contribution in [0.5, 0.6) is 5.75 Å². The van der Waals surface area contributed by atoms with Crippen molar-refractivity contribution in [1.82, 2.24) is 9.65 Å². The molecule has 0 amide bonds. The number of fused-ring (bicyclic) bond motifs is 1. The summed E-state index contributed by atoms with van der Waals surface area (Å²) in [5.74, 6) is -0.443. The zero-order chi connectivity index (χ0) is 15.2. The average Bonchev–Trinajstić information content (AvgIpc) is 2.76. The fourth-order valence-electron chi connectivity index (χ4n) is 2.29. The van der Waals surface area contributed by atoms with Crippen LogP contribution >= 0.6 is 0 Å². The number of nitrogens with zero attached hydrogens (tertiary/aromatic N) is 2. The van der Waals surface area contributed by atoms with Crippen LogP contribution in [0.3, 0.4) is 0 Å². The SMILES string of the molecule is CC1=[N+]=C(c2ccc(C(F)(F)F)cc2O)c2ccncc21. The van der Waals surface area contributed by atoms with Crippen LogP contribution in [-0.4, -0.2) is 21.5 Å². The van der Waals surface area contributed by atoms with Crippen molar-refractivity contribution in [3.05, 3.63) is 58.9 Å². The number of hydrogen-bond acceptors (Lipinski definition) is 2. The van der Waals surface area contributed by atoms with Gasteiger partial charge in [0.25, 0.3) is 0 Å². The van der Waals surface area contributed by atoms with E-state index in [1.165, 1.54) is 6.07 Å². The van der Waals surface area contributed by atoms with E-state index in [0.29, 0.717) is 17.5 Å². The van der Waals surface area contributed by atoms with Crippen LogP contribution in [0.4, 0.5) is 13.2 Å².